The maximum absolute atomic E-state index is 12.1. The van der Waals surface area contributed by atoms with E-state index in [1.54, 1.807) is 12.1 Å². The van der Waals surface area contributed by atoms with Gasteiger partial charge in [-0.15, -0.1) is 0 Å². The molecule has 0 heterocycles. The number of aromatic hydroxyl groups is 1. The Morgan fingerprint density at radius 1 is 1.28 bits per heavy atom. The van der Waals surface area contributed by atoms with Crippen LogP contribution in [0.1, 0.15) is 11.1 Å². The van der Waals surface area contributed by atoms with Crippen molar-refractivity contribution in [1.82, 2.24) is 4.83 Å². The molecule has 2 aromatic rings. The van der Waals surface area contributed by atoms with Gasteiger partial charge < -0.3 is 9.84 Å². The number of hydrazone groups is 1. The predicted octanol–water partition coefficient (Wildman–Crippen LogP) is 1.93. The Bertz CT molecular complexity index is 923. The van der Waals surface area contributed by atoms with Crippen molar-refractivity contribution in [3.05, 3.63) is 57.6 Å². The van der Waals surface area contributed by atoms with Gasteiger partial charge in [-0.25, -0.2) is 4.83 Å². The van der Waals surface area contributed by atoms with E-state index in [0.717, 1.165) is 23.9 Å². The monoisotopic (exact) mass is 365 g/mol. The van der Waals surface area contributed by atoms with Crippen LogP contribution in [-0.4, -0.2) is 31.8 Å². The minimum absolute atomic E-state index is 0.0103. The van der Waals surface area contributed by atoms with E-state index >= 15 is 0 Å². The highest BCUT2D eigenvalue weighted by molar-refractivity contribution is 7.89. The Kier molecular flexibility index (Phi) is 5.22. The van der Waals surface area contributed by atoms with Crippen LogP contribution in [0.4, 0.5) is 5.69 Å². The molecule has 0 unspecified atom stereocenters. The number of ether oxygens (including phenoxy) is 1. The molecule has 0 spiro atoms. The molecule has 0 atom stereocenters. The molecule has 9 nitrogen and oxygen atoms in total. The van der Waals surface area contributed by atoms with Gasteiger partial charge in [0.05, 0.1) is 29.2 Å². The lowest BCUT2D eigenvalue weighted by Crippen LogP contribution is -2.18. The third-order valence-electron chi connectivity index (χ3n) is 3.23. The van der Waals surface area contributed by atoms with Crippen molar-refractivity contribution >= 4 is 21.9 Å². The van der Waals surface area contributed by atoms with E-state index in [1.165, 1.54) is 19.2 Å². The van der Waals surface area contributed by atoms with Crippen molar-refractivity contribution in [2.24, 2.45) is 5.10 Å². The molecule has 0 aliphatic heterocycles. The van der Waals surface area contributed by atoms with E-state index in [1.807, 2.05) is 11.8 Å². The Labute approximate surface area is 143 Å². The second-order valence-corrected chi connectivity index (χ2v) is 6.67. The number of rotatable bonds is 6. The first-order valence-corrected chi connectivity index (χ1v) is 8.40. The summed E-state index contributed by atoms with van der Waals surface area (Å²) in [6.45, 7) is 1.82. The molecule has 0 radical (unpaired) electrons. The largest absolute Gasteiger partial charge is 0.504 e. The van der Waals surface area contributed by atoms with Crippen LogP contribution in [0.15, 0.2) is 46.4 Å². The zero-order chi connectivity index (χ0) is 18.6. The molecule has 10 heteroatoms. The minimum Gasteiger partial charge on any atom is -0.504 e. The van der Waals surface area contributed by atoms with Gasteiger partial charge in [0.15, 0.2) is 11.5 Å². The van der Waals surface area contributed by atoms with Crippen LogP contribution in [0.3, 0.4) is 0 Å². The number of non-ortho nitro benzene ring substituents is 1. The van der Waals surface area contributed by atoms with Gasteiger partial charge in [0.25, 0.3) is 15.7 Å². The summed E-state index contributed by atoms with van der Waals surface area (Å²) in [5, 5.41) is 24.4. The second kappa shape index (κ2) is 7.18. The molecule has 2 rings (SSSR count). The van der Waals surface area contributed by atoms with Gasteiger partial charge >= 0.3 is 0 Å². The Balaban J connectivity index is 2.28. The summed E-state index contributed by atoms with van der Waals surface area (Å²) in [6, 6.07) is 8.19. The number of nitro benzene ring substituents is 1. The number of phenols is 1. The first-order valence-electron chi connectivity index (χ1n) is 6.91. The zero-order valence-corrected chi connectivity index (χ0v) is 14.1. The van der Waals surface area contributed by atoms with Gasteiger partial charge in [0.2, 0.25) is 0 Å². The SMILES string of the molecule is COc1cc([N+](=O)[O-])cc(/C=N\NS(=O)(=O)c2ccc(C)cc2)c1O. The summed E-state index contributed by atoms with van der Waals surface area (Å²) < 4.78 is 29.0. The number of aryl methyl sites for hydroxylation is 1. The van der Waals surface area contributed by atoms with Crippen LogP contribution < -0.4 is 9.57 Å². The highest BCUT2D eigenvalue weighted by Gasteiger charge is 2.16. The van der Waals surface area contributed by atoms with Gasteiger partial charge in [0.1, 0.15) is 0 Å². The summed E-state index contributed by atoms with van der Waals surface area (Å²) in [5.74, 6) is -0.525. The Morgan fingerprint density at radius 2 is 1.92 bits per heavy atom. The first-order chi connectivity index (χ1) is 11.7. The molecule has 2 aromatic carbocycles. The van der Waals surface area contributed by atoms with E-state index in [0.29, 0.717) is 0 Å². The molecule has 0 aromatic heterocycles. The van der Waals surface area contributed by atoms with Crippen molar-refractivity contribution in [1.29, 1.82) is 0 Å². The third-order valence-corrected chi connectivity index (χ3v) is 4.47. The van der Waals surface area contributed by atoms with Crippen LogP contribution in [-0.2, 0) is 10.0 Å². The fourth-order valence-electron chi connectivity index (χ4n) is 1.91. The lowest BCUT2D eigenvalue weighted by Gasteiger charge is -2.06. The van der Waals surface area contributed by atoms with Gasteiger partial charge in [-0.1, -0.05) is 17.7 Å². The molecular weight excluding hydrogens is 350 g/mol. The zero-order valence-electron chi connectivity index (χ0n) is 13.3. The summed E-state index contributed by atoms with van der Waals surface area (Å²) >= 11 is 0. The van der Waals surface area contributed by atoms with Crippen molar-refractivity contribution in [3.63, 3.8) is 0 Å². The van der Waals surface area contributed by atoms with E-state index in [2.05, 4.69) is 5.10 Å². The lowest BCUT2D eigenvalue weighted by atomic mass is 10.2. The number of hydrogen-bond donors (Lipinski definition) is 2. The van der Waals surface area contributed by atoms with E-state index in [4.69, 9.17) is 4.74 Å². The number of phenolic OH excluding ortho intramolecular Hbond substituents is 1. The molecular formula is C15H15N3O6S. The average Bonchev–Trinajstić information content (AvgIpc) is 2.56. The minimum atomic E-state index is -3.90. The number of nitro groups is 1. The van der Waals surface area contributed by atoms with E-state index in [-0.39, 0.29) is 21.9 Å². The molecule has 0 saturated carbocycles. The van der Waals surface area contributed by atoms with Crippen molar-refractivity contribution < 1.29 is 23.2 Å². The molecule has 132 valence electrons. The highest BCUT2D eigenvalue weighted by Crippen LogP contribution is 2.33. The standard InChI is InChI=1S/C15H15N3O6S/c1-10-3-5-13(6-4-10)25(22,23)17-16-9-11-7-12(18(20)21)8-14(24-2)15(11)19/h3-9,17,19H,1-2H3/b16-9-. The van der Waals surface area contributed by atoms with Crippen molar-refractivity contribution in [2.45, 2.75) is 11.8 Å². The van der Waals surface area contributed by atoms with Gasteiger partial charge in [-0.3, -0.25) is 10.1 Å². The molecule has 0 aliphatic carbocycles. The maximum Gasteiger partial charge on any atom is 0.276 e. The van der Waals surface area contributed by atoms with Crippen LogP contribution in [0.2, 0.25) is 0 Å². The second-order valence-electron chi connectivity index (χ2n) is 5.01. The smallest absolute Gasteiger partial charge is 0.276 e. The molecule has 0 amide bonds. The summed E-state index contributed by atoms with van der Waals surface area (Å²) in [5.41, 5.74) is 0.492. The molecule has 0 fully saturated rings. The van der Waals surface area contributed by atoms with Crippen molar-refractivity contribution in [3.8, 4) is 11.5 Å². The molecule has 0 bridgehead atoms. The number of hydrogen-bond acceptors (Lipinski definition) is 7. The first kappa shape index (κ1) is 18.2. The molecule has 2 N–H and O–H groups in total. The lowest BCUT2D eigenvalue weighted by molar-refractivity contribution is -0.385. The maximum atomic E-state index is 12.1. The average molecular weight is 365 g/mol. The third kappa shape index (κ3) is 4.23. The number of benzene rings is 2. The van der Waals surface area contributed by atoms with Crippen LogP contribution in [0, 0.1) is 17.0 Å². The normalized spacial score (nSPS) is 11.4. The van der Waals surface area contributed by atoms with Gasteiger partial charge in [-0.05, 0) is 19.1 Å². The molecule has 25 heavy (non-hydrogen) atoms. The number of nitrogens with one attached hydrogen (secondary N) is 1. The summed E-state index contributed by atoms with van der Waals surface area (Å²) in [7, 11) is -2.66. The topological polar surface area (TPSA) is 131 Å². The Hall–Kier alpha value is -3.14. The summed E-state index contributed by atoms with van der Waals surface area (Å²) in [6.07, 6.45) is 0.955. The van der Waals surface area contributed by atoms with Crippen LogP contribution in [0.25, 0.3) is 0 Å². The quantitative estimate of drug-likeness (QED) is 0.457. The van der Waals surface area contributed by atoms with Crippen LogP contribution >= 0.6 is 0 Å². The van der Waals surface area contributed by atoms with Gasteiger partial charge in [0, 0.05) is 11.6 Å². The number of nitrogens with zero attached hydrogens (tertiary/aromatic N) is 2. The molecule has 0 saturated heterocycles. The van der Waals surface area contributed by atoms with Gasteiger partial charge in [-0.2, -0.15) is 13.5 Å². The predicted molar refractivity (Wildman–Crippen MR) is 90.4 cm³/mol. The van der Waals surface area contributed by atoms with E-state index in [9.17, 15) is 23.6 Å². The number of sulfonamides is 1. The Morgan fingerprint density at radius 3 is 2.48 bits per heavy atom. The fourth-order valence-corrected chi connectivity index (χ4v) is 2.70. The van der Waals surface area contributed by atoms with Crippen LogP contribution in [0.5, 0.6) is 11.5 Å². The van der Waals surface area contributed by atoms with Crippen molar-refractivity contribution in [2.75, 3.05) is 7.11 Å². The number of methoxy groups -OCH3 is 1. The molecule has 0 aliphatic rings. The van der Waals surface area contributed by atoms with E-state index < -0.39 is 20.7 Å². The fraction of sp³-hybridized carbons (Fsp3) is 0.133. The summed E-state index contributed by atoms with van der Waals surface area (Å²) in [4.78, 5) is 12.2. The highest BCUT2D eigenvalue weighted by atomic mass is 32.2.